The first-order valence-corrected chi connectivity index (χ1v) is 8.81. The van der Waals surface area contributed by atoms with Crippen molar-refractivity contribution in [2.75, 3.05) is 13.3 Å². The molecule has 0 radical (unpaired) electrons. The molecule has 1 amide bonds. The summed E-state index contributed by atoms with van der Waals surface area (Å²) in [4.78, 5) is 28.3. The lowest BCUT2D eigenvalue weighted by Gasteiger charge is -2.20. The van der Waals surface area contributed by atoms with E-state index in [2.05, 4.69) is 0 Å². The first kappa shape index (κ1) is 15.0. The van der Waals surface area contributed by atoms with Crippen LogP contribution in [0.1, 0.15) is 27.7 Å². The van der Waals surface area contributed by atoms with Crippen molar-refractivity contribution in [1.29, 1.82) is 0 Å². The summed E-state index contributed by atoms with van der Waals surface area (Å²) in [5.74, 6) is -0.105. The molecule has 0 bridgehead atoms. The molecule has 24 heavy (non-hydrogen) atoms. The average molecular weight is 337 g/mol. The first-order valence-electron chi connectivity index (χ1n) is 7.58. The highest BCUT2D eigenvalue weighted by atomic mass is 32.2. The molecular weight excluding hydrogens is 322 g/mol. The molecule has 4 rings (SSSR count). The number of nitrogens with zero attached hydrogens (tertiary/aromatic N) is 1. The molecule has 2 heterocycles. The Morgan fingerprint density at radius 1 is 1.04 bits per heavy atom. The average Bonchev–Trinajstić information content (AvgIpc) is 2.87. The molecule has 1 aromatic heterocycles. The number of benzene rings is 2. The van der Waals surface area contributed by atoms with Crippen LogP contribution in [0.25, 0.3) is 11.0 Å². The second kappa shape index (κ2) is 5.53. The van der Waals surface area contributed by atoms with E-state index in [1.807, 2.05) is 30.5 Å². The van der Waals surface area contributed by atoms with Crippen molar-refractivity contribution >= 4 is 28.6 Å². The number of fused-ring (bicyclic) bond motifs is 2. The number of para-hydroxylation sites is 1. The first-order chi connectivity index (χ1) is 11.6. The third-order valence-electron chi connectivity index (χ3n) is 4.44. The molecule has 120 valence electrons. The number of hydrogen-bond acceptors (Lipinski definition) is 4. The maximum atomic E-state index is 13.0. The van der Waals surface area contributed by atoms with Gasteiger partial charge in [-0.15, -0.1) is 11.8 Å². The molecule has 0 unspecified atom stereocenters. The fourth-order valence-corrected chi connectivity index (χ4v) is 3.62. The summed E-state index contributed by atoms with van der Waals surface area (Å²) in [5, 5.41) is 0.505. The van der Waals surface area contributed by atoms with Crippen molar-refractivity contribution in [2.45, 2.75) is 10.9 Å². The normalized spacial score (nSPS) is 16.7. The van der Waals surface area contributed by atoms with Gasteiger partial charge in [-0.05, 0) is 36.1 Å². The van der Waals surface area contributed by atoms with E-state index in [1.165, 1.54) is 0 Å². The molecule has 1 atom stereocenters. The maximum Gasteiger partial charge on any atom is 0.290 e. The number of carbonyl (C=O) groups excluding carboxylic acids is 1. The molecule has 5 heteroatoms. The van der Waals surface area contributed by atoms with Crippen LogP contribution < -0.4 is 5.43 Å². The number of thioether (sulfide) groups is 1. The molecule has 0 saturated heterocycles. The Labute approximate surface area is 143 Å². The topological polar surface area (TPSA) is 50.5 Å². The van der Waals surface area contributed by atoms with Crippen LogP contribution in [0.4, 0.5) is 0 Å². The highest BCUT2D eigenvalue weighted by Gasteiger charge is 2.40. The largest absolute Gasteiger partial charge is 0.450 e. The summed E-state index contributed by atoms with van der Waals surface area (Å²) in [5.41, 5.74) is 1.65. The number of carbonyl (C=O) groups is 1. The minimum Gasteiger partial charge on any atom is -0.450 e. The van der Waals surface area contributed by atoms with Gasteiger partial charge < -0.3 is 9.32 Å². The van der Waals surface area contributed by atoms with Crippen LogP contribution in [0.3, 0.4) is 0 Å². The second-order valence-electron chi connectivity index (χ2n) is 5.76. The summed E-state index contributed by atoms with van der Waals surface area (Å²) in [7, 11) is 1.70. The lowest BCUT2D eigenvalue weighted by molar-refractivity contribution is 0.0771. The van der Waals surface area contributed by atoms with Crippen LogP contribution in [0.15, 0.2) is 62.6 Å². The van der Waals surface area contributed by atoms with Crippen LogP contribution in [0.5, 0.6) is 0 Å². The Hall–Kier alpha value is -2.53. The monoisotopic (exact) mass is 337 g/mol. The van der Waals surface area contributed by atoms with Crippen LogP contribution in [-0.2, 0) is 0 Å². The van der Waals surface area contributed by atoms with Gasteiger partial charge in [0.05, 0.1) is 17.0 Å². The van der Waals surface area contributed by atoms with Crippen molar-refractivity contribution in [3.8, 4) is 0 Å². The Bertz CT molecular complexity index is 1010. The molecule has 1 aliphatic rings. The van der Waals surface area contributed by atoms with Gasteiger partial charge in [-0.3, -0.25) is 9.59 Å². The number of rotatable bonds is 2. The Kier molecular flexibility index (Phi) is 3.46. The Morgan fingerprint density at radius 3 is 2.46 bits per heavy atom. The van der Waals surface area contributed by atoms with Gasteiger partial charge in [0.1, 0.15) is 5.58 Å². The van der Waals surface area contributed by atoms with E-state index < -0.39 is 6.04 Å². The predicted molar refractivity (Wildman–Crippen MR) is 94.6 cm³/mol. The predicted octanol–water partition coefficient (Wildman–Crippen LogP) is 3.69. The molecule has 0 spiro atoms. The Balaban J connectivity index is 1.97. The minimum atomic E-state index is -0.413. The molecule has 0 aliphatic carbocycles. The fourth-order valence-electron chi connectivity index (χ4n) is 3.21. The van der Waals surface area contributed by atoms with E-state index in [0.717, 1.165) is 10.5 Å². The summed E-state index contributed by atoms with van der Waals surface area (Å²) < 4.78 is 5.77. The zero-order chi connectivity index (χ0) is 16.8. The van der Waals surface area contributed by atoms with Crippen molar-refractivity contribution < 1.29 is 9.21 Å². The van der Waals surface area contributed by atoms with Crippen LogP contribution >= 0.6 is 11.8 Å². The van der Waals surface area contributed by atoms with E-state index in [0.29, 0.717) is 16.5 Å². The smallest absolute Gasteiger partial charge is 0.290 e. The zero-order valence-corrected chi connectivity index (χ0v) is 14.1. The molecule has 4 nitrogen and oxygen atoms in total. The van der Waals surface area contributed by atoms with E-state index in [1.54, 1.807) is 48.0 Å². The molecule has 1 aliphatic heterocycles. The standard InChI is InChI=1S/C19H15NO3S/c1-20-16(11-7-9-12(24-2)10-8-11)15-17(21)13-5-3-4-6-14(13)23-18(15)19(20)22/h3-10,16H,1-2H3/t16-/m1/s1. The highest BCUT2D eigenvalue weighted by Crippen LogP contribution is 2.37. The van der Waals surface area contributed by atoms with Crippen LogP contribution in [0.2, 0.25) is 0 Å². The van der Waals surface area contributed by atoms with Crippen molar-refractivity contribution in [3.05, 3.63) is 75.6 Å². The Morgan fingerprint density at radius 2 is 1.75 bits per heavy atom. The number of amides is 1. The molecular formula is C19H15NO3S. The van der Waals surface area contributed by atoms with Crippen molar-refractivity contribution in [3.63, 3.8) is 0 Å². The van der Waals surface area contributed by atoms with Gasteiger partial charge in [-0.25, -0.2) is 0 Å². The zero-order valence-electron chi connectivity index (χ0n) is 13.3. The molecule has 0 N–H and O–H groups in total. The molecule has 3 aromatic rings. The third-order valence-corrected chi connectivity index (χ3v) is 5.18. The lowest BCUT2D eigenvalue weighted by Crippen LogP contribution is -2.25. The van der Waals surface area contributed by atoms with E-state index in [-0.39, 0.29) is 17.1 Å². The second-order valence-corrected chi connectivity index (χ2v) is 6.64. The summed E-state index contributed by atoms with van der Waals surface area (Å²) >= 11 is 1.65. The SMILES string of the molecule is CSc1ccc([C@@H]2c3c(oc4ccccc4c3=O)C(=O)N2C)cc1. The van der Waals surface area contributed by atoms with E-state index in [4.69, 9.17) is 4.42 Å². The van der Waals surface area contributed by atoms with Crippen molar-refractivity contribution in [2.24, 2.45) is 0 Å². The van der Waals surface area contributed by atoms with Gasteiger partial charge in [-0.1, -0.05) is 24.3 Å². The quantitative estimate of drug-likeness (QED) is 0.669. The van der Waals surface area contributed by atoms with Crippen LogP contribution in [-0.4, -0.2) is 24.1 Å². The summed E-state index contributed by atoms with van der Waals surface area (Å²) in [6.07, 6.45) is 2.01. The highest BCUT2D eigenvalue weighted by molar-refractivity contribution is 7.98. The fraction of sp³-hybridized carbons (Fsp3) is 0.158. The van der Waals surface area contributed by atoms with Gasteiger partial charge in [0.2, 0.25) is 5.76 Å². The van der Waals surface area contributed by atoms with Gasteiger partial charge in [-0.2, -0.15) is 0 Å². The van der Waals surface area contributed by atoms with E-state index >= 15 is 0 Å². The van der Waals surface area contributed by atoms with Gasteiger partial charge in [0.15, 0.2) is 5.43 Å². The van der Waals surface area contributed by atoms with Crippen LogP contribution in [0, 0.1) is 0 Å². The minimum absolute atomic E-state index is 0.136. The maximum absolute atomic E-state index is 13.0. The van der Waals surface area contributed by atoms with Gasteiger partial charge in [0.25, 0.3) is 5.91 Å². The molecule has 2 aromatic carbocycles. The number of hydrogen-bond donors (Lipinski definition) is 0. The molecule has 0 saturated carbocycles. The van der Waals surface area contributed by atoms with Gasteiger partial charge in [0, 0.05) is 11.9 Å². The third kappa shape index (κ3) is 2.08. The summed E-state index contributed by atoms with van der Waals surface area (Å²) in [6, 6.07) is 14.5. The lowest BCUT2D eigenvalue weighted by atomic mass is 9.99. The van der Waals surface area contributed by atoms with Crippen molar-refractivity contribution in [1.82, 2.24) is 4.90 Å². The molecule has 0 fully saturated rings. The van der Waals surface area contributed by atoms with Gasteiger partial charge >= 0.3 is 0 Å². The van der Waals surface area contributed by atoms with E-state index in [9.17, 15) is 9.59 Å². The summed E-state index contributed by atoms with van der Waals surface area (Å²) in [6.45, 7) is 0.